The molecule has 0 unspecified atom stereocenters. The van der Waals surface area contributed by atoms with Gasteiger partial charge in [0.15, 0.2) is 11.4 Å². The van der Waals surface area contributed by atoms with Gasteiger partial charge in [-0.15, -0.1) is 0 Å². The lowest BCUT2D eigenvalue weighted by Crippen LogP contribution is -2.40. The minimum atomic E-state index is -4.52. The predicted octanol–water partition coefficient (Wildman–Crippen LogP) is 5.15. The molecule has 1 aliphatic rings. The van der Waals surface area contributed by atoms with Crippen molar-refractivity contribution >= 4 is 17.5 Å². The minimum Gasteiger partial charge on any atom is -0.487 e. The highest BCUT2D eigenvalue weighted by atomic mass is 35.5. The van der Waals surface area contributed by atoms with Gasteiger partial charge in [0, 0.05) is 5.56 Å². The van der Waals surface area contributed by atoms with E-state index in [1.165, 1.54) is 4.68 Å². The summed E-state index contributed by atoms with van der Waals surface area (Å²) >= 11 is 6.37. The van der Waals surface area contributed by atoms with Gasteiger partial charge in [-0.05, 0) is 24.1 Å². The number of benzene rings is 2. The van der Waals surface area contributed by atoms with Crippen molar-refractivity contribution in [1.29, 1.82) is 0 Å². The largest absolute Gasteiger partial charge is 0.487 e. The van der Waals surface area contributed by atoms with Crippen LogP contribution in [0.25, 0.3) is 16.9 Å². The van der Waals surface area contributed by atoms with Crippen molar-refractivity contribution in [2.75, 3.05) is 19.7 Å². The van der Waals surface area contributed by atoms with Gasteiger partial charge >= 0.3 is 6.18 Å². The monoisotopic (exact) mass is 449 g/mol. The zero-order valence-corrected chi connectivity index (χ0v) is 17.4. The van der Waals surface area contributed by atoms with E-state index in [1.54, 1.807) is 24.3 Å². The number of hydrogen-bond donors (Lipinski definition) is 0. The van der Waals surface area contributed by atoms with Crippen molar-refractivity contribution in [1.82, 2.24) is 14.7 Å². The molecule has 0 bridgehead atoms. The lowest BCUT2D eigenvalue weighted by molar-refractivity contribution is -0.141. The van der Waals surface area contributed by atoms with Gasteiger partial charge in [0.25, 0.3) is 5.91 Å². The molecule has 162 valence electrons. The average Bonchev–Trinajstić information content (AvgIpc) is 3.04. The van der Waals surface area contributed by atoms with Crippen LogP contribution in [-0.2, 0) is 6.42 Å². The first kappa shape index (κ1) is 21.2. The number of aromatic nitrogens is 2. The Balaban J connectivity index is 1.90. The molecular formula is C22H19ClF3N3O2. The molecule has 0 aliphatic carbocycles. The molecule has 3 aromatic rings. The van der Waals surface area contributed by atoms with Gasteiger partial charge in [0.05, 0.1) is 17.3 Å². The number of nitrogens with zero attached hydrogens (tertiary/aromatic N) is 3. The van der Waals surface area contributed by atoms with Crippen LogP contribution in [0.5, 0.6) is 5.75 Å². The molecule has 0 spiro atoms. The van der Waals surface area contributed by atoms with Crippen LogP contribution in [0, 0.1) is 0 Å². The molecule has 0 N–H and O–H groups in total. The number of amides is 1. The number of carbonyl (C=O) groups excluding carboxylic acids is 1. The predicted molar refractivity (Wildman–Crippen MR) is 111 cm³/mol. The standard InChI is InChI=1S/C22H19ClF3N3O2/c1-2-14-7-9-15(10-8-14)19-20-18(27-29(19)17-6-4-3-5-16(17)23)21(30)28(11-12-31-20)13-22(24,25)26/h3-10H,2,11-13H2,1H3. The van der Waals surface area contributed by atoms with E-state index in [-0.39, 0.29) is 24.6 Å². The molecule has 2 aromatic carbocycles. The van der Waals surface area contributed by atoms with E-state index in [0.29, 0.717) is 26.9 Å². The number of alkyl halides is 3. The Bertz CT molecular complexity index is 1110. The van der Waals surface area contributed by atoms with Crippen LogP contribution in [0.1, 0.15) is 23.0 Å². The van der Waals surface area contributed by atoms with Crippen molar-refractivity contribution < 1.29 is 22.7 Å². The molecule has 4 rings (SSSR count). The molecule has 1 amide bonds. The van der Waals surface area contributed by atoms with Gasteiger partial charge in [-0.2, -0.15) is 18.3 Å². The van der Waals surface area contributed by atoms with Crippen molar-refractivity contribution in [3.05, 3.63) is 64.8 Å². The van der Waals surface area contributed by atoms with Crippen LogP contribution in [-0.4, -0.2) is 46.5 Å². The number of para-hydroxylation sites is 1. The topological polar surface area (TPSA) is 47.4 Å². The molecule has 0 fully saturated rings. The molecule has 0 saturated heterocycles. The summed E-state index contributed by atoms with van der Waals surface area (Å²) in [4.78, 5) is 13.7. The fourth-order valence-corrected chi connectivity index (χ4v) is 3.72. The van der Waals surface area contributed by atoms with E-state index in [1.807, 2.05) is 31.2 Å². The maximum Gasteiger partial charge on any atom is 0.406 e. The summed E-state index contributed by atoms with van der Waals surface area (Å²) in [6, 6.07) is 14.5. The fourth-order valence-electron chi connectivity index (χ4n) is 3.51. The first-order chi connectivity index (χ1) is 14.8. The van der Waals surface area contributed by atoms with Gasteiger partial charge in [-0.25, -0.2) is 4.68 Å². The van der Waals surface area contributed by atoms with E-state index in [9.17, 15) is 18.0 Å². The van der Waals surface area contributed by atoms with Crippen LogP contribution in [0.15, 0.2) is 48.5 Å². The molecule has 0 atom stereocenters. The molecule has 0 saturated carbocycles. The third-order valence-corrected chi connectivity index (χ3v) is 5.35. The molecule has 9 heteroatoms. The third kappa shape index (κ3) is 4.25. The van der Waals surface area contributed by atoms with E-state index < -0.39 is 18.6 Å². The maximum atomic E-state index is 13.0. The number of ether oxygens (including phenoxy) is 1. The van der Waals surface area contributed by atoms with Crippen molar-refractivity contribution in [2.24, 2.45) is 0 Å². The highest BCUT2D eigenvalue weighted by Gasteiger charge is 2.38. The molecule has 5 nitrogen and oxygen atoms in total. The normalized spacial score (nSPS) is 14.2. The van der Waals surface area contributed by atoms with Crippen molar-refractivity contribution in [2.45, 2.75) is 19.5 Å². The van der Waals surface area contributed by atoms with Gasteiger partial charge in [0.2, 0.25) is 0 Å². The zero-order chi connectivity index (χ0) is 22.2. The Labute approximate surface area is 182 Å². The highest BCUT2D eigenvalue weighted by Crippen LogP contribution is 2.39. The lowest BCUT2D eigenvalue weighted by atomic mass is 10.1. The maximum absolute atomic E-state index is 13.0. The quantitative estimate of drug-likeness (QED) is 0.553. The minimum absolute atomic E-state index is 0.0803. The molecule has 1 aliphatic heterocycles. The van der Waals surface area contributed by atoms with Gasteiger partial charge < -0.3 is 9.64 Å². The SMILES string of the molecule is CCc1ccc(-c2c3c(nn2-c2ccccc2Cl)C(=O)N(CC(F)(F)F)CCO3)cc1. The first-order valence-electron chi connectivity index (χ1n) is 9.74. The molecule has 0 radical (unpaired) electrons. The summed E-state index contributed by atoms with van der Waals surface area (Å²) in [6.07, 6.45) is -3.67. The Morgan fingerprint density at radius 3 is 2.48 bits per heavy atom. The Hall–Kier alpha value is -3.00. The summed E-state index contributed by atoms with van der Waals surface area (Å²) in [5, 5.41) is 4.75. The Morgan fingerprint density at radius 1 is 1.13 bits per heavy atom. The van der Waals surface area contributed by atoms with Gasteiger partial charge in [-0.3, -0.25) is 4.79 Å². The van der Waals surface area contributed by atoms with Crippen LogP contribution in [0.4, 0.5) is 13.2 Å². The summed E-state index contributed by atoms with van der Waals surface area (Å²) in [5.41, 5.74) is 2.62. The van der Waals surface area contributed by atoms with Crippen molar-refractivity contribution in [3.8, 4) is 22.7 Å². The average molecular weight is 450 g/mol. The van der Waals surface area contributed by atoms with Crippen LogP contribution < -0.4 is 4.74 Å². The Morgan fingerprint density at radius 2 is 1.84 bits per heavy atom. The lowest BCUT2D eigenvalue weighted by Gasteiger charge is -2.20. The number of aryl methyl sites for hydroxylation is 1. The molecule has 31 heavy (non-hydrogen) atoms. The second-order valence-corrected chi connectivity index (χ2v) is 7.54. The van der Waals surface area contributed by atoms with E-state index in [0.717, 1.165) is 12.0 Å². The Kier molecular flexibility index (Phi) is 5.66. The number of hydrogen-bond acceptors (Lipinski definition) is 3. The van der Waals surface area contributed by atoms with E-state index >= 15 is 0 Å². The van der Waals surface area contributed by atoms with E-state index in [2.05, 4.69) is 5.10 Å². The first-order valence-corrected chi connectivity index (χ1v) is 10.1. The van der Waals surface area contributed by atoms with Crippen LogP contribution in [0.3, 0.4) is 0 Å². The number of fused-ring (bicyclic) bond motifs is 1. The second-order valence-electron chi connectivity index (χ2n) is 7.13. The third-order valence-electron chi connectivity index (χ3n) is 5.03. The molecule has 2 heterocycles. The smallest absolute Gasteiger partial charge is 0.406 e. The summed E-state index contributed by atoms with van der Waals surface area (Å²) in [7, 11) is 0. The van der Waals surface area contributed by atoms with Crippen LogP contribution >= 0.6 is 11.6 Å². The van der Waals surface area contributed by atoms with Crippen molar-refractivity contribution in [3.63, 3.8) is 0 Å². The van der Waals surface area contributed by atoms with Crippen LogP contribution in [0.2, 0.25) is 5.02 Å². The van der Waals surface area contributed by atoms with Gasteiger partial charge in [-0.1, -0.05) is 54.9 Å². The molecule has 1 aromatic heterocycles. The number of halogens is 4. The summed E-state index contributed by atoms with van der Waals surface area (Å²) in [5.74, 6) is -0.680. The summed E-state index contributed by atoms with van der Waals surface area (Å²) in [6.45, 7) is 0.401. The summed E-state index contributed by atoms with van der Waals surface area (Å²) < 4.78 is 46.2. The molecular weight excluding hydrogens is 431 g/mol. The second kappa shape index (κ2) is 8.26. The van der Waals surface area contributed by atoms with Gasteiger partial charge in [0.1, 0.15) is 18.8 Å². The number of rotatable bonds is 4. The number of carbonyl (C=O) groups is 1. The highest BCUT2D eigenvalue weighted by molar-refractivity contribution is 6.32. The fraction of sp³-hybridized carbons (Fsp3) is 0.273. The van der Waals surface area contributed by atoms with E-state index in [4.69, 9.17) is 16.3 Å². The zero-order valence-electron chi connectivity index (χ0n) is 16.6.